The van der Waals surface area contributed by atoms with Crippen molar-refractivity contribution in [1.29, 1.82) is 0 Å². The fourth-order valence-corrected chi connectivity index (χ4v) is 1.87. The molecule has 1 aliphatic heterocycles. The molecule has 94 valence electrons. The minimum Gasteiger partial charge on any atom is -0.618 e. The van der Waals surface area contributed by atoms with Crippen LogP contribution in [0.2, 0.25) is 0 Å². The highest BCUT2D eigenvalue weighted by molar-refractivity contribution is 4.91. The van der Waals surface area contributed by atoms with E-state index in [-0.39, 0.29) is 13.0 Å². The molecule has 7 heteroatoms. The Balaban J connectivity index is 2.30. The van der Waals surface area contributed by atoms with Crippen LogP contribution < -0.4 is 10.3 Å². The van der Waals surface area contributed by atoms with Gasteiger partial charge in [0.1, 0.15) is 12.3 Å². The summed E-state index contributed by atoms with van der Waals surface area (Å²) >= 11 is 0. The van der Waals surface area contributed by atoms with Crippen molar-refractivity contribution in [3.63, 3.8) is 0 Å². The van der Waals surface area contributed by atoms with E-state index in [1.54, 1.807) is 6.92 Å². The van der Waals surface area contributed by atoms with E-state index in [1.807, 2.05) is 0 Å². The Morgan fingerprint density at radius 2 is 2.41 bits per heavy atom. The van der Waals surface area contributed by atoms with Gasteiger partial charge in [-0.2, -0.15) is 4.73 Å². The number of hydrogen-bond acceptors (Lipinski definition) is 5. The van der Waals surface area contributed by atoms with Gasteiger partial charge < -0.3 is 20.2 Å². The zero-order valence-electron chi connectivity index (χ0n) is 9.31. The average Bonchev–Trinajstić information content (AvgIpc) is 2.65. The van der Waals surface area contributed by atoms with Gasteiger partial charge >= 0.3 is 5.56 Å². The Bertz CT molecular complexity index is 472. The van der Waals surface area contributed by atoms with Crippen molar-refractivity contribution in [2.75, 3.05) is 6.61 Å². The lowest BCUT2D eigenvalue weighted by Gasteiger charge is -2.14. The normalized spacial score (nSPS) is 28.5. The van der Waals surface area contributed by atoms with Crippen molar-refractivity contribution in [2.45, 2.75) is 31.8 Å². The second-order valence-electron chi connectivity index (χ2n) is 4.09. The zero-order chi connectivity index (χ0) is 12.6. The lowest BCUT2D eigenvalue weighted by Crippen LogP contribution is -2.39. The van der Waals surface area contributed by atoms with Crippen LogP contribution in [0.5, 0.6) is 0 Å². The molecule has 1 fully saturated rings. The van der Waals surface area contributed by atoms with Crippen LogP contribution >= 0.6 is 0 Å². The third kappa shape index (κ3) is 2.17. The van der Waals surface area contributed by atoms with Gasteiger partial charge in [0.15, 0.2) is 0 Å². The van der Waals surface area contributed by atoms with E-state index in [9.17, 15) is 15.1 Å². The molecule has 3 atom stereocenters. The molecule has 0 bridgehead atoms. The molecule has 2 N–H and O–H groups in total. The first kappa shape index (κ1) is 12.0. The first-order valence-electron chi connectivity index (χ1n) is 5.29. The highest BCUT2D eigenvalue weighted by Crippen LogP contribution is 2.27. The Kier molecular flexibility index (Phi) is 3.14. The van der Waals surface area contributed by atoms with Gasteiger partial charge in [-0.3, -0.25) is 9.36 Å². The summed E-state index contributed by atoms with van der Waals surface area (Å²) in [5, 5.41) is 29.7. The Morgan fingerprint density at radius 3 is 3.00 bits per heavy atom. The smallest absolute Gasteiger partial charge is 0.318 e. The predicted molar refractivity (Wildman–Crippen MR) is 56.0 cm³/mol. The van der Waals surface area contributed by atoms with Crippen LogP contribution in [0.3, 0.4) is 0 Å². The fourth-order valence-electron chi connectivity index (χ4n) is 1.87. The van der Waals surface area contributed by atoms with Gasteiger partial charge in [0.2, 0.25) is 11.9 Å². The minimum absolute atomic E-state index is 0.216. The molecule has 17 heavy (non-hydrogen) atoms. The lowest BCUT2D eigenvalue weighted by atomic mass is 10.2. The van der Waals surface area contributed by atoms with Crippen LogP contribution in [0.25, 0.3) is 0 Å². The van der Waals surface area contributed by atoms with Gasteiger partial charge in [0, 0.05) is 13.3 Å². The van der Waals surface area contributed by atoms with E-state index < -0.39 is 24.0 Å². The van der Waals surface area contributed by atoms with E-state index in [0.29, 0.717) is 10.4 Å². The second-order valence-corrected chi connectivity index (χ2v) is 4.09. The van der Waals surface area contributed by atoms with E-state index >= 15 is 0 Å². The van der Waals surface area contributed by atoms with Crippen LogP contribution in [0.1, 0.15) is 18.3 Å². The van der Waals surface area contributed by atoms with Crippen LogP contribution in [-0.2, 0) is 4.74 Å². The number of rotatable bonds is 2. The summed E-state index contributed by atoms with van der Waals surface area (Å²) in [6, 6.07) is 0. The third-order valence-electron chi connectivity index (χ3n) is 2.85. The molecule has 1 saturated heterocycles. The fraction of sp³-hybridized carbons (Fsp3) is 0.600. The summed E-state index contributed by atoms with van der Waals surface area (Å²) in [5.41, 5.74) is -0.142. The number of aromatic nitrogens is 2. The SMILES string of the molecule is Cc1cn(C2C[C@H](O)[C@@H](CO)O2)c(=O)c[n+]1[O-]. The quantitative estimate of drug-likeness (QED) is 0.482. The van der Waals surface area contributed by atoms with Crippen LogP contribution in [0.4, 0.5) is 0 Å². The van der Waals surface area contributed by atoms with Gasteiger partial charge in [0.25, 0.3) is 0 Å². The zero-order valence-corrected chi connectivity index (χ0v) is 9.31. The molecule has 1 aliphatic rings. The standard InChI is InChI=1S/C10H14N2O5/c1-6-3-11(9(15)4-12(6)16)10-2-7(14)8(5-13)17-10/h3-4,7-8,10,13-14H,2,5H2,1H3/t7-,8+,10?/m0/s1. The van der Waals surface area contributed by atoms with Gasteiger partial charge in [-0.1, -0.05) is 0 Å². The van der Waals surface area contributed by atoms with Crippen molar-refractivity contribution in [1.82, 2.24) is 4.57 Å². The van der Waals surface area contributed by atoms with Crippen molar-refractivity contribution in [2.24, 2.45) is 0 Å². The molecule has 0 aliphatic carbocycles. The Morgan fingerprint density at radius 1 is 1.71 bits per heavy atom. The third-order valence-corrected chi connectivity index (χ3v) is 2.85. The lowest BCUT2D eigenvalue weighted by molar-refractivity contribution is -0.614. The van der Waals surface area contributed by atoms with Crippen molar-refractivity contribution in [3.05, 3.63) is 33.6 Å². The number of nitrogens with zero attached hydrogens (tertiary/aromatic N) is 2. The van der Waals surface area contributed by atoms with Gasteiger partial charge in [0.05, 0.1) is 18.9 Å². The average molecular weight is 242 g/mol. The first-order chi connectivity index (χ1) is 8.02. The molecule has 2 rings (SSSR count). The van der Waals surface area contributed by atoms with Crippen LogP contribution in [-0.4, -0.2) is 33.6 Å². The van der Waals surface area contributed by atoms with Crippen LogP contribution in [0.15, 0.2) is 17.2 Å². The predicted octanol–water partition coefficient (Wildman–Crippen LogP) is -1.57. The minimum atomic E-state index is -0.809. The highest BCUT2D eigenvalue weighted by Gasteiger charge is 2.35. The molecule has 0 spiro atoms. The molecule has 1 aromatic heterocycles. The summed E-state index contributed by atoms with van der Waals surface area (Å²) in [5.74, 6) is 0. The van der Waals surface area contributed by atoms with E-state index in [0.717, 1.165) is 6.20 Å². The van der Waals surface area contributed by atoms with Crippen molar-refractivity contribution >= 4 is 0 Å². The van der Waals surface area contributed by atoms with Crippen LogP contribution in [0, 0.1) is 12.1 Å². The molecule has 7 nitrogen and oxygen atoms in total. The van der Waals surface area contributed by atoms with E-state index in [4.69, 9.17) is 9.84 Å². The Labute approximate surface area is 97.1 Å². The highest BCUT2D eigenvalue weighted by atomic mass is 16.5. The molecule has 0 radical (unpaired) electrons. The maximum atomic E-state index is 11.6. The van der Waals surface area contributed by atoms with Gasteiger partial charge in [-0.05, 0) is 0 Å². The monoisotopic (exact) mass is 242 g/mol. The van der Waals surface area contributed by atoms with Crippen molar-refractivity contribution < 1.29 is 19.7 Å². The molecule has 0 saturated carbocycles. The summed E-state index contributed by atoms with van der Waals surface area (Å²) < 4.78 is 7.07. The number of aliphatic hydroxyl groups is 2. The molecule has 1 unspecified atom stereocenters. The first-order valence-corrected chi connectivity index (χ1v) is 5.29. The molecule has 0 amide bonds. The second kappa shape index (κ2) is 4.44. The molecular formula is C10H14N2O5. The largest absolute Gasteiger partial charge is 0.618 e. The summed E-state index contributed by atoms with van der Waals surface area (Å²) in [4.78, 5) is 11.6. The Hall–Kier alpha value is -1.44. The molecular weight excluding hydrogens is 228 g/mol. The number of hydrogen-bond donors (Lipinski definition) is 2. The van der Waals surface area contributed by atoms with Gasteiger partial charge in [-0.25, -0.2) is 0 Å². The van der Waals surface area contributed by atoms with Crippen molar-refractivity contribution in [3.8, 4) is 0 Å². The number of aryl methyl sites for hydroxylation is 1. The maximum Gasteiger partial charge on any atom is 0.318 e. The number of aliphatic hydroxyl groups excluding tert-OH is 2. The topological polar surface area (TPSA) is 98.6 Å². The van der Waals surface area contributed by atoms with E-state index in [1.165, 1.54) is 10.8 Å². The van der Waals surface area contributed by atoms with Gasteiger partial charge in [-0.15, -0.1) is 0 Å². The summed E-state index contributed by atoms with van der Waals surface area (Å²) in [6.07, 6.45) is 0.371. The summed E-state index contributed by atoms with van der Waals surface area (Å²) in [7, 11) is 0. The van der Waals surface area contributed by atoms with E-state index in [2.05, 4.69) is 0 Å². The molecule has 1 aromatic rings. The molecule has 2 heterocycles. The number of ether oxygens (including phenoxy) is 1. The molecule has 0 aromatic carbocycles. The maximum absolute atomic E-state index is 11.6. The summed E-state index contributed by atoms with van der Waals surface area (Å²) in [6.45, 7) is 1.26.